The third kappa shape index (κ3) is 6.29. The van der Waals surface area contributed by atoms with Gasteiger partial charge in [0.05, 0.1) is 28.9 Å². The van der Waals surface area contributed by atoms with Crippen LogP contribution in [0.15, 0.2) is 36.7 Å². The van der Waals surface area contributed by atoms with E-state index in [2.05, 4.69) is 36.5 Å². The summed E-state index contributed by atoms with van der Waals surface area (Å²) in [5.74, 6) is 1.16. The fraction of sp³-hybridized carbons (Fsp3) is 0.567. The third-order valence-corrected chi connectivity index (χ3v) is 7.16. The van der Waals surface area contributed by atoms with E-state index in [1.54, 1.807) is 0 Å². The first-order chi connectivity index (χ1) is 18.3. The zero-order valence-corrected chi connectivity index (χ0v) is 23.0. The van der Waals surface area contributed by atoms with Crippen LogP contribution in [-0.4, -0.2) is 45.7 Å². The number of aromatic nitrogens is 3. The lowest BCUT2D eigenvalue weighted by Gasteiger charge is -2.23. The lowest BCUT2D eigenvalue weighted by Crippen LogP contribution is -2.33. The van der Waals surface area contributed by atoms with Crippen LogP contribution in [-0.2, 0) is 9.47 Å². The Morgan fingerprint density at radius 3 is 2.66 bits per heavy atom. The largest absolute Gasteiger partial charge is 0.489 e. The number of ether oxygens (including phenoxy) is 3. The number of fused-ring (bicyclic) bond motifs is 1. The summed E-state index contributed by atoms with van der Waals surface area (Å²) in [6.45, 7) is 9.09. The fourth-order valence-corrected chi connectivity index (χ4v) is 5.00. The average molecular weight is 521 g/mol. The number of alkyl carbamates (subject to hydrolysis) is 1. The number of nitrogens with zero attached hydrogens (tertiary/aromatic N) is 3. The van der Waals surface area contributed by atoms with E-state index in [0.29, 0.717) is 12.5 Å². The first-order valence-corrected chi connectivity index (χ1v) is 14.0. The molecule has 2 aliphatic rings. The summed E-state index contributed by atoms with van der Waals surface area (Å²) in [6, 6.07) is 8.44. The van der Waals surface area contributed by atoms with Crippen molar-refractivity contribution in [1.29, 1.82) is 0 Å². The molecule has 1 saturated carbocycles. The summed E-state index contributed by atoms with van der Waals surface area (Å²) >= 11 is 0. The third-order valence-electron chi connectivity index (χ3n) is 7.16. The molecule has 5 rings (SSSR count). The smallest absolute Gasteiger partial charge is 0.407 e. The van der Waals surface area contributed by atoms with Crippen LogP contribution < -0.4 is 10.1 Å². The van der Waals surface area contributed by atoms with Crippen molar-refractivity contribution in [3.63, 3.8) is 0 Å². The number of pyridine rings is 1. The molecule has 2 unspecified atom stereocenters. The number of rotatable bonds is 9. The van der Waals surface area contributed by atoms with Crippen LogP contribution in [0.1, 0.15) is 90.3 Å². The van der Waals surface area contributed by atoms with Gasteiger partial charge < -0.3 is 19.5 Å². The molecule has 0 radical (unpaired) electrons. The van der Waals surface area contributed by atoms with E-state index in [-0.39, 0.29) is 18.4 Å². The van der Waals surface area contributed by atoms with Crippen LogP contribution in [0.2, 0.25) is 0 Å². The Morgan fingerprint density at radius 2 is 2.00 bits per heavy atom. The van der Waals surface area contributed by atoms with Crippen molar-refractivity contribution in [2.24, 2.45) is 0 Å². The Kier molecular flexibility index (Phi) is 7.88. The van der Waals surface area contributed by atoms with Gasteiger partial charge >= 0.3 is 6.09 Å². The zero-order chi connectivity index (χ0) is 26.7. The minimum absolute atomic E-state index is 0.0194. The molecule has 38 heavy (non-hydrogen) atoms. The predicted octanol–water partition coefficient (Wildman–Crippen LogP) is 6.75. The van der Waals surface area contributed by atoms with Crippen LogP contribution in [0.5, 0.6) is 5.75 Å². The standard InChI is InChI=1S/C30H40N4O4/c1-5-20(15-16-31-29(35)38-30(2,3)4)21-9-13-25(32-18-21)23-12-14-26-24(28(23)37-22-10-11-22)19-33-34(26)27-8-6-7-17-36-27/h9,12-14,18-20,22,27H,5-8,10-11,15-17H2,1-4H3,(H,31,35). The van der Waals surface area contributed by atoms with E-state index in [0.717, 1.165) is 85.0 Å². The van der Waals surface area contributed by atoms with Gasteiger partial charge in [0.25, 0.3) is 0 Å². The molecule has 2 fully saturated rings. The van der Waals surface area contributed by atoms with Gasteiger partial charge in [-0.2, -0.15) is 5.10 Å². The molecule has 1 aromatic carbocycles. The second kappa shape index (κ2) is 11.3. The Hall–Kier alpha value is -3.13. The quantitative estimate of drug-likeness (QED) is 0.336. The Bertz CT molecular complexity index is 1240. The molecule has 204 valence electrons. The van der Waals surface area contributed by atoms with Crippen molar-refractivity contribution in [3.05, 3.63) is 42.2 Å². The Morgan fingerprint density at radius 1 is 1.16 bits per heavy atom. The van der Waals surface area contributed by atoms with Crippen LogP contribution >= 0.6 is 0 Å². The summed E-state index contributed by atoms with van der Waals surface area (Å²) in [4.78, 5) is 16.9. The van der Waals surface area contributed by atoms with E-state index in [9.17, 15) is 4.79 Å². The van der Waals surface area contributed by atoms with Gasteiger partial charge in [0.2, 0.25) is 0 Å². The summed E-state index contributed by atoms with van der Waals surface area (Å²) in [5, 5.41) is 8.58. The number of carbonyl (C=O) groups is 1. The maximum absolute atomic E-state index is 12.0. The summed E-state index contributed by atoms with van der Waals surface area (Å²) < 4.78 is 19.8. The Labute approximate surface area is 225 Å². The number of carbonyl (C=O) groups excluding carboxylic acids is 1. The van der Waals surface area contributed by atoms with Crippen molar-refractivity contribution in [3.8, 4) is 17.0 Å². The number of amides is 1. The van der Waals surface area contributed by atoms with E-state index in [1.165, 1.54) is 0 Å². The summed E-state index contributed by atoms with van der Waals surface area (Å²) in [6.07, 6.45) is 10.9. The van der Waals surface area contributed by atoms with Crippen LogP contribution in [0.25, 0.3) is 22.2 Å². The SMILES string of the molecule is CCC(CCNC(=O)OC(C)(C)C)c1ccc(-c2ccc3c(cnn3C3CCCCO3)c2OC2CC2)nc1. The highest BCUT2D eigenvalue weighted by Crippen LogP contribution is 2.41. The zero-order valence-electron chi connectivity index (χ0n) is 23.0. The van der Waals surface area contributed by atoms with E-state index in [1.807, 2.05) is 37.8 Å². The maximum Gasteiger partial charge on any atom is 0.407 e. The molecule has 0 bridgehead atoms. The number of hydrogen-bond donors (Lipinski definition) is 1. The Balaban J connectivity index is 1.33. The molecule has 2 atom stereocenters. The molecule has 1 saturated heterocycles. The van der Waals surface area contributed by atoms with E-state index in [4.69, 9.17) is 24.3 Å². The topological polar surface area (TPSA) is 87.5 Å². The van der Waals surface area contributed by atoms with Crippen molar-refractivity contribution >= 4 is 17.0 Å². The van der Waals surface area contributed by atoms with Gasteiger partial charge in [-0.15, -0.1) is 0 Å². The molecule has 1 aliphatic carbocycles. The van der Waals surface area contributed by atoms with Crippen LogP contribution in [0.4, 0.5) is 4.79 Å². The van der Waals surface area contributed by atoms with Gasteiger partial charge in [0.15, 0.2) is 6.23 Å². The minimum atomic E-state index is -0.499. The fourth-order valence-electron chi connectivity index (χ4n) is 5.00. The molecule has 3 heterocycles. The van der Waals surface area contributed by atoms with Gasteiger partial charge in [-0.1, -0.05) is 13.0 Å². The highest BCUT2D eigenvalue weighted by Gasteiger charge is 2.28. The number of nitrogens with one attached hydrogen (secondary N) is 1. The molecule has 8 nitrogen and oxygen atoms in total. The molecule has 8 heteroatoms. The molecule has 0 spiro atoms. The first-order valence-electron chi connectivity index (χ1n) is 14.0. The van der Waals surface area contributed by atoms with E-state index >= 15 is 0 Å². The number of benzene rings is 1. The highest BCUT2D eigenvalue weighted by atomic mass is 16.6. The van der Waals surface area contributed by atoms with Gasteiger partial charge in [-0.25, -0.2) is 9.48 Å². The van der Waals surface area contributed by atoms with Gasteiger partial charge in [-0.05, 0) is 95.4 Å². The normalized spacial score (nSPS) is 18.8. The highest BCUT2D eigenvalue weighted by molar-refractivity contribution is 5.92. The van der Waals surface area contributed by atoms with Crippen LogP contribution in [0.3, 0.4) is 0 Å². The van der Waals surface area contributed by atoms with Crippen molar-refractivity contribution in [1.82, 2.24) is 20.1 Å². The van der Waals surface area contributed by atoms with Crippen molar-refractivity contribution in [2.75, 3.05) is 13.2 Å². The lowest BCUT2D eigenvalue weighted by atomic mass is 9.94. The predicted molar refractivity (Wildman–Crippen MR) is 147 cm³/mol. The van der Waals surface area contributed by atoms with Crippen molar-refractivity contribution in [2.45, 2.75) is 96.5 Å². The maximum atomic E-state index is 12.0. The summed E-state index contributed by atoms with van der Waals surface area (Å²) in [7, 11) is 0. The minimum Gasteiger partial charge on any atom is -0.489 e. The summed E-state index contributed by atoms with van der Waals surface area (Å²) in [5.41, 5.74) is 3.57. The molecule has 3 aromatic rings. The molecule has 1 N–H and O–H groups in total. The molecular weight excluding hydrogens is 480 g/mol. The van der Waals surface area contributed by atoms with Crippen LogP contribution in [0, 0.1) is 0 Å². The van der Waals surface area contributed by atoms with Gasteiger partial charge in [0, 0.05) is 24.9 Å². The average Bonchev–Trinajstić information content (AvgIpc) is 3.61. The van der Waals surface area contributed by atoms with Gasteiger partial charge in [0.1, 0.15) is 11.4 Å². The van der Waals surface area contributed by atoms with Gasteiger partial charge in [-0.3, -0.25) is 4.98 Å². The number of hydrogen-bond acceptors (Lipinski definition) is 6. The molecular formula is C30H40N4O4. The molecule has 1 aliphatic heterocycles. The second-order valence-corrected chi connectivity index (χ2v) is 11.4. The second-order valence-electron chi connectivity index (χ2n) is 11.4. The van der Waals surface area contributed by atoms with E-state index < -0.39 is 5.60 Å². The monoisotopic (exact) mass is 520 g/mol. The lowest BCUT2D eigenvalue weighted by molar-refractivity contribution is -0.0366. The first kappa shape index (κ1) is 26.5. The molecule has 1 amide bonds. The molecule has 2 aromatic heterocycles. The van der Waals surface area contributed by atoms with Crippen molar-refractivity contribution < 1.29 is 19.0 Å².